The van der Waals surface area contributed by atoms with Gasteiger partial charge in [-0.1, -0.05) is 0 Å². The normalized spacial score (nSPS) is 13.0. The molecule has 0 unspecified atom stereocenters. The predicted molar refractivity (Wildman–Crippen MR) is 124 cm³/mol. The topological polar surface area (TPSA) is 95.2 Å². The molecule has 1 aliphatic heterocycles. The number of thiophene rings is 1. The zero-order valence-corrected chi connectivity index (χ0v) is 17.4. The Morgan fingerprint density at radius 1 is 1.06 bits per heavy atom. The Morgan fingerprint density at radius 3 is 2.81 bits per heavy atom. The molecule has 31 heavy (non-hydrogen) atoms. The van der Waals surface area contributed by atoms with Crippen molar-refractivity contribution in [1.29, 1.82) is 0 Å². The number of rotatable bonds is 3. The van der Waals surface area contributed by atoms with E-state index in [4.69, 9.17) is 4.98 Å². The lowest BCUT2D eigenvalue weighted by Gasteiger charge is -2.03. The van der Waals surface area contributed by atoms with Crippen molar-refractivity contribution in [3.8, 4) is 22.8 Å². The molecule has 7 nitrogen and oxygen atoms in total. The standard InChI is InChI=1S/C23H17N7S/c1-13-4-5-19(31-13)15-3-2-8-25-22-20(15)27-23(28-22)21-16-11-17(14-6-9-24-10-7-14)26-12-18(16)29-30-21/h2-12,25H,1H3,(H,27,28)(H,29,30). The quantitative estimate of drug-likeness (QED) is 0.373. The smallest absolute Gasteiger partial charge is 0.161 e. The van der Waals surface area contributed by atoms with Gasteiger partial charge in [-0.05, 0) is 49.4 Å². The third-order valence-electron chi connectivity index (χ3n) is 5.21. The SMILES string of the molecule is Cc1ccc(C2=CC=CNc3nc(-c4n[nH]c5cnc(-c6ccncc6)cc45)[nH]c32)s1. The average molecular weight is 424 g/mol. The van der Waals surface area contributed by atoms with E-state index in [9.17, 15) is 0 Å². The van der Waals surface area contributed by atoms with Gasteiger partial charge in [0.05, 0.1) is 23.1 Å². The number of hydrogen-bond acceptors (Lipinski definition) is 6. The number of anilines is 1. The van der Waals surface area contributed by atoms with E-state index in [-0.39, 0.29) is 0 Å². The summed E-state index contributed by atoms with van der Waals surface area (Å²) in [5, 5.41) is 11.8. The second-order valence-electron chi connectivity index (χ2n) is 7.23. The van der Waals surface area contributed by atoms with Crippen LogP contribution in [0.15, 0.2) is 67.3 Å². The van der Waals surface area contributed by atoms with E-state index in [0.717, 1.165) is 44.9 Å². The third-order valence-corrected chi connectivity index (χ3v) is 6.24. The molecule has 6 rings (SSSR count). The highest BCUT2D eigenvalue weighted by Gasteiger charge is 2.21. The summed E-state index contributed by atoms with van der Waals surface area (Å²) in [6, 6.07) is 10.2. The molecule has 5 aromatic heterocycles. The van der Waals surface area contributed by atoms with Crippen LogP contribution in [0.5, 0.6) is 0 Å². The first-order valence-electron chi connectivity index (χ1n) is 9.82. The number of aromatic amines is 2. The van der Waals surface area contributed by atoms with E-state index in [1.165, 1.54) is 9.75 Å². The predicted octanol–water partition coefficient (Wildman–Crippen LogP) is 5.15. The van der Waals surface area contributed by atoms with E-state index in [1.54, 1.807) is 29.9 Å². The van der Waals surface area contributed by atoms with Crippen LogP contribution >= 0.6 is 11.3 Å². The number of nitrogens with zero attached hydrogens (tertiary/aromatic N) is 4. The highest BCUT2D eigenvalue weighted by molar-refractivity contribution is 7.13. The molecule has 150 valence electrons. The van der Waals surface area contributed by atoms with Gasteiger partial charge >= 0.3 is 0 Å². The molecule has 5 aromatic rings. The lowest BCUT2D eigenvalue weighted by atomic mass is 10.1. The van der Waals surface area contributed by atoms with Crippen molar-refractivity contribution in [3.63, 3.8) is 0 Å². The Bertz CT molecular complexity index is 1470. The number of imidazole rings is 1. The van der Waals surface area contributed by atoms with E-state index in [2.05, 4.69) is 55.6 Å². The second kappa shape index (κ2) is 7.03. The molecule has 0 aromatic carbocycles. The molecule has 8 heteroatoms. The number of aryl methyl sites for hydroxylation is 1. The van der Waals surface area contributed by atoms with E-state index >= 15 is 0 Å². The molecule has 0 saturated carbocycles. The Hall–Kier alpha value is -4.04. The highest BCUT2D eigenvalue weighted by Crippen LogP contribution is 2.36. The van der Waals surface area contributed by atoms with Crippen molar-refractivity contribution in [2.75, 3.05) is 5.32 Å². The van der Waals surface area contributed by atoms with Crippen LogP contribution in [0.2, 0.25) is 0 Å². The van der Waals surface area contributed by atoms with Crippen molar-refractivity contribution in [2.24, 2.45) is 0 Å². The maximum absolute atomic E-state index is 4.82. The molecule has 0 atom stereocenters. The first-order chi connectivity index (χ1) is 15.3. The van der Waals surface area contributed by atoms with Gasteiger partial charge in [0.1, 0.15) is 5.69 Å². The monoisotopic (exact) mass is 423 g/mol. The fraction of sp³-hybridized carbons (Fsp3) is 0.0435. The largest absolute Gasteiger partial charge is 0.345 e. The highest BCUT2D eigenvalue weighted by atomic mass is 32.1. The molecule has 0 radical (unpaired) electrons. The molecule has 0 aliphatic carbocycles. The zero-order chi connectivity index (χ0) is 20.8. The van der Waals surface area contributed by atoms with Crippen molar-refractivity contribution in [3.05, 3.63) is 82.7 Å². The minimum atomic E-state index is 0.699. The summed E-state index contributed by atoms with van der Waals surface area (Å²) in [5.41, 5.74) is 5.53. The Morgan fingerprint density at radius 2 is 1.97 bits per heavy atom. The molecule has 0 bridgehead atoms. The number of H-pyrrole nitrogens is 2. The maximum Gasteiger partial charge on any atom is 0.161 e. The summed E-state index contributed by atoms with van der Waals surface area (Å²) in [4.78, 5) is 19.4. The molecule has 6 heterocycles. The van der Waals surface area contributed by atoms with E-state index in [0.29, 0.717) is 5.82 Å². The van der Waals surface area contributed by atoms with Crippen LogP contribution in [0.25, 0.3) is 39.3 Å². The van der Waals surface area contributed by atoms with Crippen molar-refractivity contribution in [2.45, 2.75) is 6.92 Å². The minimum absolute atomic E-state index is 0.699. The van der Waals surface area contributed by atoms with Gasteiger partial charge in [0.2, 0.25) is 0 Å². The van der Waals surface area contributed by atoms with Crippen LogP contribution in [0.4, 0.5) is 5.82 Å². The number of hydrogen-bond donors (Lipinski definition) is 3. The maximum atomic E-state index is 4.82. The molecular weight excluding hydrogens is 406 g/mol. The Kier molecular flexibility index (Phi) is 4.03. The number of aromatic nitrogens is 6. The zero-order valence-electron chi connectivity index (χ0n) is 16.5. The minimum Gasteiger partial charge on any atom is -0.345 e. The summed E-state index contributed by atoms with van der Waals surface area (Å²) < 4.78 is 0. The summed E-state index contributed by atoms with van der Waals surface area (Å²) in [5.74, 6) is 1.48. The molecular formula is C23H17N7S. The number of fused-ring (bicyclic) bond motifs is 2. The Balaban J connectivity index is 1.48. The van der Waals surface area contributed by atoms with Crippen LogP contribution in [0.1, 0.15) is 15.4 Å². The number of nitrogens with one attached hydrogen (secondary N) is 3. The van der Waals surface area contributed by atoms with Crippen LogP contribution < -0.4 is 5.32 Å². The first kappa shape index (κ1) is 17.8. The molecule has 0 fully saturated rings. The van der Waals surface area contributed by atoms with Gasteiger partial charge in [0, 0.05) is 44.9 Å². The van der Waals surface area contributed by atoms with Crippen LogP contribution in [0, 0.1) is 6.92 Å². The van der Waals surface area contributed by atoms with Gasteiger partial charge < -0.3 is 10.3 Å². The van der Waals surface area contributed by atoms with Gasteiger partial charge in [-0.2, -0.15) is 5.10 Å². The lowest BCUT2D eigenvalue weighted by molar-refractivity contribution is 1.10. The molecule has 0 amide bonds. The summed E-state index contributed by atoms with van der Waals surface area (Å²) in [6.07, 6.45) is 11.3. The number of pyridine rings is 2. The van der Waals surface area contributed by atoms with E-state index in [1.807, 2.05) is 30.5 Å². The van der Waals surface area contributed by atoms with E-state index < -0.39 is 0 Å². The van der Waals surface area contributed by atoms with Crippen LogP contribution in [0.3, 0.4) is 0 Å². The van der Waals surface area contributed by atoms with Crippen molar-refractivity contribution < 1.29 is 0 Å². The third kappa shape index (κ3) is 3.04. The van der Waals surface area contributed by atoms with Crippen LogP contribution in [-0.4, -0.2) is 30.1 Å². The van der Waals surface area contributed by atoms with Gasteiger partial charge in [0.25, 0.3) is 0 Å². The van der Waals surface area contributed by atoms with Gasteiger partial charge in [0.15, 0.2) is 11.6 Å². The molecule has 0 spiro atoms. The lowest BCUT2D eigenvalue weighted by Crippen LogP contribution is -1.91. The summed E-state index contributed by atoms with van der Waals surface area (Å²) in [6.45, 7) is 2.11. The molecule has 0 saturated heterocycles. The fourth-order valence-corrected chi connectivity index (χ4v) is 4.60. The van der Waals surface area contributed by atoms with Crippen molar-refractivity contribution >= 4 is 33.6 Å². The van der Waals surface area contributed by atoms with Gasteiger partial charge in [-0.3, -0.25) is 15.1 Å². The Labute approximate surface area is 181 Å². The molecule has 1 aliphatic rings. The summed E-state index contributed by atoms with van der Waals surface area (Å²) in [7, 11) is 0. The summed E-state index contributed by atoms with van der Waals surface area (Å²) >= 11 is 1.76. The first-order valence-corrected chi connectivity index (χ1v) is 10.6. The van der Waals surface area contributed by atoms with Gasteiger partial charge in [-0.25, -0.2) is 4.98 Å². The second-order valence-corrected chi connectivity index (χ2v) is 8.51. The van der Waals surface area contributed by atoms with Crippen molar-refractivity contribution in [1.82, 2.24) is 30.1 Å². The van der Waals surface area contributed by atoms with Gasteiger partial charge in [-0.15, -0.1) is 11.3 Å². The average Bonchev–Trinajstić information content (AvgIpc) is 3.50. The van der Waals surface area contributed by atoms with Crippen LogP contribution in [-0.2, 0) is 0 Å². The number of allylic oxidation sites excluding steroid dienone is 2. The fourth-order valence-electron chi connectivity index (χ4n) is 3.70. The molecule has 3 N–H and O–H groups in total.